The van der Waals surface area contributed by atoms with Crippen molar-refractivity contribution < 1.29 is 10.2 Å². The fourth-order valence-corrected chi connectivity index (χ4v) is 8.97. The highest BCUT2D eigenvalue weighted by atomic mass is 16.3. The SMILES string of the molecule is CCC(CC)n1cc(-c2nc(-c3cnn([C@@H]4CCC[C@@H]4O)c3)cn3nccc23)cn1.CCC(CC)n1cc(-c2nc(-c3cnn([C@H]4CCC[C@H]4O)c3)cn3nccc23)cn1. The van der Waals surface area contributed by atoms with Crippen LogP contribution in [0.15, 0.2) is 86.5 Å². The summed E-state index contributed by atoms with van der Waals surface area (Å²) < 4.78 is 11.5. The summed E-state index contributed by atoms with van der Waals surface area (Å²) in [6, 6.07) is 4.81. The Morgan fingerprint density at radius 1 is 0.517 bits per heavy atom. The molecule has 8 heterocycles. The number of nitrogens with zero attached hydrogens (tertiary/aromatic N) is 14. The van der Waals surface area contributed by atoms with Crippen LogP contribution in [-0.4, -0.2) is 90.7 Å². The smallest absolute Gasteiger partial charge is 0.0999 e. The minimum absolute atomic E-state index is 0.0462. The number of fused-ring (bicyclic) bond motifs is 2. The molecular formula is C44H54N14O2. The van der Waals surface area contributed by atoms with E-state index in [1.807, 2.05) is 89.5 Å². The van der Waals surface area contributed by atoms with Gasteiger partial charge in [-0.3, -0.25) is 18.7 Å². The van der Waals surface area contributed by atoms with E-state index in [-0.39, 0.29) is 24.3 Å². The Balaban J connectivity index is 0.000000154. The average molecular weight is 811 g/mol. The molecule has 4 atom stereocenters. The van der Waals surface area contributed by atoms with E-state index >= 15 is 0 Å². The van der Waals surface area contributed by atoms with Crippen LogP contribution in [0.3, 0.4) is 0 Å². The summed E-state index contributed by atoms with van der Waals surface area (Å²) in [5.41, 5.74) is 9.00. The molecule has 0 aliphatic heterocycles. The van der Waals surface area contributed by atoms with Crippen LogP contribution < -0.4 is 0 Å². The molecule has 10 rings (SSSR count). The minimum atomic E-state index is -0.328. The van der Waals surface area contributed by atoms with Crippen molar-refractivity contribution in [2.75, 3.05) is 0 Å². The summed E-state index contributed by atoms with van der Waals surface area (Å²) >= 11 is 0. The van der Waals surface area contributed by atoms with Gasteiger partial charge >= 0.3 is 0 Å². The monoisotopic (exact) mass is 810 g/mol. The lowest BCUT2D eigenvalue weighted by molar-refractivity contribution is 0.130. The van der Waals surface area contributed by atoms with Gasteiger partial charge in [-0.05, 0) is 76.3 Å². The highest BCUT2D eigenvalue weighted by molar-refractivity contribution is 5.79. The Morgan fingerprint density at radius 3 is 1.32 bits per heavy atom. The predicted octanol–water partition coefficient (Wildman–Crippen LogP) is 7.81. The van der Waals surface area contributed by atoms with E-state index in [4.69, 9.17) is 9.97 Å². The average Bonchev–Trinajstić information content (AvgIpc) is 4.10. The summed E-state index contributed by atoms with van der Waals surface area (Å²) in [6.07, 6.45) is 32.1. The van der Waals surface area contributed by atoms with Gasteiger partial charge in [0.2, 0.25) is 0 Å². The number of aliphatic hydroxyl groups excluding tert-OH is 2. The number of hydrogen-bond acceptors (Lipinski definition) is 10. The Bertz CT molecular complexity index is 2490. The predicted molar refractivity (Wildman–Crippen MR) is 228 cm³/mol. The van der Waals surface area contributed by atoms with Gasteiger partial charge in [0.1, 0.15) is 0 Å². The van der Waals surface area contributed by atoms with Crippen molar-refractivity contribution in [3.05, 3.63) is 86.5 Å². The van der Waals surface area contributed by atoms with Gasteiger partial charge in [0.15, 0.2) is 0 Å². The van der Waals surface area contributed by atoms with E-state index in [1.165, 1.54) is 0 Å². The normalized spacial score (nSPS) is 19.3. The van der Waals surface area contributed by atoms with E-state index < -0.39 is 0 Å². The van der Waals surface area contributed by atoms with Gasteiger partial charge in [-0.25, -0.2) is 19.0 Å². The van der Waals surface area contributed by atoms with Crippen molar-refractivity contribution in [2.24, 2.45) is 0 Å². The van der Waals surface area contributed by atoms with Gasteiger partial charge in [0, 0.05) is 47.0 Å². The molecule has 0 saturated heterocycles. The molecule has 2 saturated carbocycles. The molecule has 2 aliphatic rings. The Labute approximate surface area is 348 Å². The molecule has 2 N–H and O–H groups in total. The van der Waals surface area contributed by atoms with Crippen LogP contribution in [0.4, 0.5) is 0 Å². The molecular weight excluding hydrogens is 757 g/mol. The molecule has 8 aromatic rings. The zero-order chi connectivity index (χ0) is 41.3. The third-order valence-corrected chi connectivity index (χ3v) is 12.5. The third kappa shape index (κ3) is 7.53. The van der Waals surface area contributed by atoms with Crippen molar-refractivity contribution in [3.63, 3.8) is 0 Å². The second-order valence-corrected chi connectivity index (χ2v) is 16.2. The van der Waals surface area contributed by atoms with Crippen LogP contribution in [0.1, 0.15) is 116 Å². The molecule has 60 heavy (non-hydrogen) atoms. The molecule has 2 aliphatic carbocycles. The van der Waals surface area contributed by atoms with Gasteiger partial charge in [0.25, 0.3) is 0 Å². The zero-order valence-corrected chi connectivity index (χ0v) is 34.8. The fraction of sp³-hybridized carbons (Fsp3) is 0.455. The van der Waals surface area contributed by atoms with Crippen molar-refractivity contribution in [2.45, 2.75) is 128 Å². The molecule has 2 fully saturated rings. The summed E-state index contributed by atoms with van der Waals surface area (Å²) in [5, 5.41) is 47.5. The van der Waals surface area contributed by atoms with Crippen molar-refractivity contribution in [3.8, 4) is 45.0 Å². The fourth-order valence-electron chi connectivity index (χ4n) is 8.97. The molecule has 0 amide bonds. The van der Waals surface area contributed by atoms with E-state index in [2.05, 4.69) is 70.7 Å². The molecule has 0 radical (unpaired) electrons. The van der Waals surface area contributed by atoms with Crippen LogP contribution in [0.2, 0.25) is 0 Å². The van der Waals surface area contributed by atoms with Gasteiger partial charge in [0.05, 0.1) is 120 Å². The first-order valence-electron chi connectivity index (χ1n) is 21.6. The quantitative estimate of drug-likeness (QED) is 0.124. The molecule has 0 unspecified atom stereocenters. The third-order valence-electron chi connectivity index (χ3n) is 12.5. The molecule has 16 nitrogen and oxygen atoms in total. The second-order valence-electron chi connectivity index (χ2n) is 16.2. The van der Waals surface area contributed by atoms with Gasteiger partial charge < -0.3 is 10.2 Å². The maximum atomic E-state index is 10.2. The van der Waals surface area contributed by atoms with Crippen molar-refractivity contribution in [1.29, 1.82) is 0 Å². The first-order chi connectivity index (χ1) is 29.3. The van der Waals surface area contributed by atoms with E-state index in [0.29, 0.717) is 12.1 Å². The van der Waals surface area contributed by atoms with Crippen LogP contribution in [0.5, 0.6) is 0 Å². The summed E-state index contributed by atoms with van der Waals surface area (Å²) in [7, 11) is 0. The standard InChI is InChI=1S/2C22H27N7O/c2*1-3-17(4-2)27-13-16(11-24-27)22-20-8-9-23-29(20)14-18(26-22)15-10-25-28(12-15)19-6-5-7-21(19)30/h2*8-14,17,19,21,30H,3-7H2,1-2H3/t2*19-,21+/m10/s1. The molecule has 312 valence electrons. The first-order valence-corrected chi connectivity index (χ1v) is 21.6. The van der Waals surface area contributed by atoms with Crippen molar-refractivity contribution >= 4 is 11.0 Å². The van der Waals surface area contributed by atoms with E-state index in [1.54, 1.807) is 12.4 Å². The largest absolute Gasteiger partial charge is 0.391 e. The van der Waals surface area contributed by atoms with Crippen LogP contribution in [-0.2, 0) is 0 Å². The van der Waals surface area contributed by atoms with Gasteiger partial charge in [-0.1, -0.05) is 27.7 Å². The summed E-state index contributed by atoms with van der Waals surface area (Å²) in [4.78, 5) is 9.93. The maximum Gasteiger partial charge on any atom is 0.0999 e. The lowest BCUT2D eigenvalue weighted by Crippen LogP contribution is -2.18. The van der Waals surface area contributed by atoms with Crippen LogP contribution >= 0.6 is 0 Å². The first kappa shape index (κ1) is 39.5. The Kier molecular flexibility index (Phi) is 11.1. The molecule has 0 bridgehead atoms. The number of rotatable bonds is 12. The Morgan fingerprint density at radius 2 is 0.933 bits per heavy atom. The van der Waals surface area contributed by atoms with Gasteiger partial charge in [-0.2, -0.15) is 30.6 Å². The Hall–Kier alpha value is -6.00. The molecule has 0 spiro atoms. The second kappa shape index (κ2) is 16.9. The highest BCUT2D eigenvalue weighted by Gasteiger charge is 2.29. The minimum Gasteiger partial charge on any atom is -0.391 e. The number of aliphatic hydroxyl groups is 2. The highest BCUT2D eigenvalue weighted by Crippen LogP contribution is 2.34. The zero-order valence-electron chi connectivity index (χ0n) is 34.8. The summed E-state index contributed by atoms with van der Waals surface area (Å²) in [5.74, 6) is 0. The number of hydrogen-bond donors (Lipinski definition) is 2. The molecule has 16 heteroatoms. The van der Waals surface area contributed by atoms with Gasteiger partial charge in [-0.15, -0.1) is 0 Å². The van der Waals surface area contributed by atoms with Crippen LogP contribution in [0, 0.1) is 0 Å². The lowest BCUT2D eigenvalue weighted by Gasteiger charge is -2.14. The molecule has 0 aromatic carbocycles. The topological polar surface area (TPSA) is 172 Å². The van der Waals surface area contributed by atoms with E-state index in [0.717, 1.165) is 120 Å². The lowest BCUT2D eigenvalue weighted by atomic mass is 10.1. The van der Waals surface area contributed by atoms with E-state index in [9.17, 15) is 10.2 Å². The molecule has 8 aromatic heterocycles. The van der Waals surface area contributed by atoms with Crippen molar-refractivity contribution in [1.82, 2.24) is 68.3 Å². The maximum absolute atomic E-state index is 10.2. The summed E-state index contributed by atoms with van der Waals surface area (Å²) in [6.45, 7) is 8.73. The van der Waals surface area contributed by atoms with Crippen LogP contribution in [0.25, 0.3) is 56.1 Å². The number of aromatic nitrogens is 14.